The first kappa shape index (κ1) is 13.5. The van der Waals surface area contributed by atoms with E-state index < -0.39 is 0 Å². The van der Waals surface area contributed by atoms with E-state index >= 15 is 0 Å². The van der Waals surface area contributed by atoms with Crippen LogP contribution in [0, 0.1) is 0 Å². The van der Waals surface area contributed by atoms with Gasteiger partial charge in [-0.05, 0) is 18.6 Å². The maximum absolute atomic E-state index is 12.4. The fraction of sp³-hybridized carbons (Fsp3) is 0.133. The number of benzene rings is 1. The Bertz CT molecular complexity index is 785. The van der Waals surface area contributed by atoms with Crippen LogP contribution in [0.2, 0.25) is 0 Å². The molecule has 0 bridgehead atoms. The van der Waals surface area contributed by atoms with Crippen LogP contribution in [0.1, 0.15) is 28.2 Å². The molecule has 1 amide bonds. The zero-order valence-corrected chi connectivity index (χ0v) is 12.2. The molecule has 0 saturated heterocycles. The molecule has 0 aliphatic heterocycles. The molecule has 0 aliphatic carbocycles. The molecule has 0 saturated carbocycles. The third kappa shape index (κ3) is 2.57. The molecule has 0 fully saturated rings. The molecule has 5 nitrogen and oxygen atoms in total. The maximum atomic E-state index is 12.4. The quantitative estimate of drug-likeness (QED) is 0.779. The van der Waals surface area contributed by atoms with Gasteiger partial charge in [0.2, 0.25) is 0 Å². The van der Waals surface area contributed by atoms with Crippen molar-refractivity contribution in [3.63, 3.8) is 0 Å². The number of aromatic nitrogens is 2. The van der Waals surface area contributed by atoms with Gasteiger partial charge in [0.25, 0.3) is 5.91 Å². The van der Waals surface area contributed by atoms with Gasteiger partial charge in [0.15, 0.2) is 0 Å². The number of nitrogen functional groups attached to an aromatic ring is 1. The number of carbonyl (C=O) groups excluding carboxylic acids is 1. The monoisotopic (exact) mass is 298 g/mol. The SMILES string of the molecule is CC(NC(=O)c1sc2nnccc2c1N)c1ccccc1. The smallest absolute Gasteiger partial charge is 0.264 e. The summed E-state index contributed by atoms with van der Waals surface area (Å²) < 4.78 is 0. The number of rotatable bonds is 3. The van der Waals surface area contributed by atoms with Gasteiger partial charge in [0, 0.05) is 5.39 Å². The van der Waals surface area contributed by atoms with E-state index in [0.717, 1.165) is 10.9 Å². The van der Waals surface area contributed by atoms with Crippen molar-refractivity contribution in [1.82, 2.24) is 15.5 Å². The van der Waals surface area contributed by atoms with E-state index in [1.165, 1.54) is 11.3 Å². The number of thiophene rings is 1. The Hall–Kier alpha value is -2.47. The number of carbonyl (C=O) groups is 1. The number of hydrogen-bond donors (Lipinski definition) is 2. The van der Waals surface area contributed by atoms with Crippen molar-refractivity contribution in [3.8, 4) is 0 Å². The summed E-state index contributed by atoms with van der Waals surface area (Å²) in [6, 6.07) is 11.5. The highest BCUT2D eigenvalue weighted by atomic mass is 32.1. The van der Waals surface area contributed by atoms with Gasteiger partial charge in [0.05, 0.1) is 17.9 Å². The van der Waals surface area contributed by atoms with Gasteiger partial charge in [-0.25, -0.2) is 0 Å². The summed E-state index contributed by atoms with van der Waals surface area (Å²) in [7, 11) is 0. The van der Waals surface area contributed by atoms with Crippen molar-refractivity contribution in [2.24, 2.45) is 0 Å². The molecule has 1 aromatic carbocycles. The van der Waals surface area contributed by atoms with Crippen LogP contribution in [0.3, 0.4) is 0 Å². The van der Waals surface area contributed by atoms with Crippen LogP contribution >= 0.6 is 11.3 Å². The van der Waals surface area contributed by atoms with Crippen molar-refractivity contribution in [2.45, 2.75) is 13.0 Å². The minimum Gasteiger partial charge on any atom is -0.397 e. The first-order valence-corrected chi connectivity index (χ1v) is 7.34. The maximum Gasteiger partial charge on any atom is 0.264 e. The number of anilines is 1. The van der Waals surface area contributed by atoms with Crippen molar-refractivity contribution >= 4 is 33.1 Å². The summed E-state index contributed by atoms with van der Waals surface area (Å²) >= 11 is 1.26. The number of nitrogens with zero attached hydrogens (tertiary/aromatic N) is 2. The summed E-state index contributed by atoms with van der Waals surface area (Å²) in [5, 5.41) is 11.5. The highest BCUT2D eigenvalue weighted by Crippen LogP contribution is 2.31. The predicted octanol–water partition coefficient (Wildman–Crippen LogP) is 2.76. The van der Waals surface area contributed by atoms with Gasteiger partial charge < -0.3 is 11.1 Å². The number of nitrogens with one attached hydrogen (secondary N) is 1. The second kappa shape index (κ2) is 5.49. The van der Waals surface area contributed by atoms with E-state index in [0.29, 0.717) is 15.4 Å². The fourth-order valence-corrected chi connectivity index (χ4v) is 3.07. The molecule has 2 aromatic heterocycles. The molecular weight excluding hydrogens is 284 g/mol. The Morgan fingerprint density at radius 2 is 2.05 bits per heavy atom. The van der Waals surface area contributed by atoms with Gasteiger partial charge in [-0.2, -0.15) is 5.10 Å². The van der Waals surface area contributed by atoms with E-state index in [2.05, 4.69) is 15.5 Å². The average molecular weight is 298 g/mol. The van der Waals surface area contributed by atoms with E-state index in [-0.39, 0.29) is 11.9 Å². The predicted molar refractivity (Wildman–Crippen MR) is 84.2 cm³/mol. The first-order chi connectivity index (χ1) is 10.2. The summed E-state index contributed by atoms with van der Waals surface area (Å²) in [5.74, 6) is -0.188. The number of nitrogens with two attached hydrogens (primary N) is 1. The van der Waals surface area contributed by atoms with Crippen LogP contribution in [0.5, 0.6) is 0 Å². The topological polar surface area (TPSA) is 80.9 Å². The third-order valence-electron chi connectivity index (χ3n) is 3.27. The van der Waals surface area contributed by atoms with Crippen molar-refractivity contribution in [3.05, 3.63) is 53.0 Å². The van der Waals surface area contributed by atoms with E-state index in [9.17, 15) is 4.79 Å². The van der Waals surface area contributed by atoms with Crippen LogP contribution in [0.4, 0.5) is 5.69 Å². The molecule has 0 radical (unpaired) electrons. The molecule has 0 spiro atoms. The molecule has 3 N–H and O–H groups in total. The molecule has 1 atom stereocenters. The summed E-state index contributed by atoms with van der Waals surface area (Å²) in [6.07, 6.45) is 1.57. The highest BCUT2D eigenvalue weighted by molar-refractivity contribution is 7.21. The van der Waals surface area contributed by atoms with Gasteiger partial charge in [-0.15, -0.1) is 16.4 Å². The normalized spacial score (nSPS) is 12.2. The summed E-state index contributed by atoms with van der Waals surface area (Å²) in [6.45, 7) is 1.94. The molecular formula is C15H14N4OS. The lowest BCUT2D eigenvalue weighted by molar-refractivity contribution is 0.0945. The van der Waals surface area contributed by atoms with Gasteiger partial charge in [-0.3, -0.25) is 4.79 Å². The zero-order chi connectivity index (χ0) is 14.8. The van der Waals surface area contributed by atoms with Crippen LogP contribution in [0.15, 0.2) is 42.6 Å². The summed E-state index contributed by atoms with van der Waals surface area (Å²) in [5.41, 5.74) is 7.54. The molecule has 1 unspecified atom stereocenters. The van der Waals surface area contributed by atoms with Crippen LogP contribution in [-0.2, 0) is 0 Å². The molecule has 106 valence electrons. The van der Waals surface area contributed by atoms with E-state index in [4.69, 9.17) is 5.73 Å². The van der Waals surface area contributed by atoms with Crippen molar-refractivity contribution in [2.75, 3.05) is 5.73 Å². The number of fused-ring (bicyclic) bond motifs is 1. The largest absolute Gasteiger partial charge is 0.397 e. The van der Waals surface area contributed by atoms with Crippen molar-refractivity contribution in [1.29, 1.82) is 0 Å². The molecule has 3 rings (SSSR count). The zero-order valence-electron chi connectivity index (χ0n) is 11.4. The lowest BCUT2D eigenvalue weighted by atomic mass is 10.1. The average Bonchev–Trinajstić information content (AvgIpc) is 2.86. The minimum absolute atomic E-state index is 0.0885. The Balaban J connectivity index is 1.86. The number of amides is 1. The van der Waals surface area contributed by atoms with E-state index in [1.807, 2.05) is 37.3 Å². The molecule has 3 aromatic rings. The first-order valence-electron chi connectivity index (χ1n) is 6.52. The lowest BCUT2D eigenvalue weighted by Gasteiger charge is -2.13. The fourth-order valence-electron chi connectivity index (χ4n) is 2.13. The molecule has 0 aliphatic rings. The highest BCUT2D eigenvalue weighted by Gasteiger charge is 2.19. The molecule has 21 heavy (non-hydrogen) atoms. The van der Waals surface area contributed by atoms with E-state index in [1.54, 1.807) is 12.3 Å². The summed E-state index contributed by atoms with van der Waals surface area (Å²) in [4.78, 5) is 13.5. The van der Waals surface area contributed by atoms with Gasteiger partial charge in [-0.1, -0.05) is 30.3 Å². The standard InChI is InChI=1S/C15H14N4OS/c1-9(10-5-3-2-4-6-10)18-14(20)13-12(16)11-7-8-17-19-15(11)21-13/h2-9H,16H2,1H3,(H,18,20). The lowest BCUT2D eigenvalue weighted by Crippen LogP contribution is -2.26. The second-order valence-electron chi connectivity index (χ2n) is 4.70. The minimum atomic E-state index is -0.188. The molecule has 6 heteroatoms. The van der Waals surface area contributed by atoms with Crippen molar-refractivity contribution < 1.29 is 4.79 Å². The Morgan fingerprint density at radius 3 is 2.76 bits per heavy atom. The Labute approximate surface area is 125 Å². The number of hydrogen-bond acceptors (Lipinski definition) is 5. The van der Waals surface area contributed by atoms with Gasteiger partial charge in [0.1, 0.15) is 9.71 Å². The molecule has 2 heterocycles. The van der Waals surface area contributed by atoms with Crippen LogP contribution in [-0.4, -0.2) is 16.1 Å². The van der Waals surface area contributed by atoms with Gasteiger partial charge >= 0.3 is 0 Å². The Kier molecular flexibility index (Phi) is 3.53. The van der Waals surface area contributed by atoms with Crippen LogP contribution in [0.25, 0.3) is 10.2 Å². The Morgan fingerprint density at radius 1 is 1.29 bits per heavy atom. The van der Waals surface area contributed by atoms with Crippen LogP contribution < -0.4 is 11.1 Å². The third-order valence-corrected chi connectivity index (χ3v) is 4.38. The second-order valence-corrected chi connectivity index (χ2v) is 5.70.